The largest absolute Gasteiger partial charge is 0.313 e. The van der Waals surface area contributed by atoms with Gasteiger partial charge >= 0.3 is 0 Å². The van der Waals surface area contributed by atoms with Crippen LogP contribution in [0.4, 0.5) is 0 Å². The third kappa shape index (κ3) is 2.26. The van der Waals surface area contributed by atoms with E-state index in [2.05, 4.69) is 17.2 Å². The van der Waals surface area contributed by atoms with Gasteiger partial charge in [0.2, 0.25) is 0 Å². The molecule has 0 amide bonds. The quantitative estimate of drug-likeness (QED) is 0.927. The van der Waals surface area contributed by atoms with Crippen LogP contribution < -0.4 is 10.9 Å². The Morgan fingerprint density at radius 1 is 1.50 bits per heavy atom. The van der Waals surface area contributed by atoms with E-state index < -0.39 is 0 Å². The van der Waals surface area contributed by atoms with E-state index >= 15 is 0 Å². The zero-order chi connectivity index (χ0) is 13.3. The van der Waals surface area contributed by atoms with Crippen molar-refractivity contribution in [3.05, 3.63) is 45.0 Å². The molecule has 0 aliphatic rings. The molecule has 0 fully saturated rings. The fourth-order valence-corrected chi connectivity index (χ4v) is 2.36. The number of rotatable bonds is 3. The van der Waals surface area contributed by atoms with Gasteiger partial charge in [-0.05, 0) is 26.5 Å². The van der Waals surface area contributed by atoms with Crippen molar-refractivity contribution < 1.29 is 0 Å². The van der Waals surface area contributed by atoms with Gasteiger partial charge in [0.1, 0.15) is 5.65 Å². The minimum absolute atomic E-state index is 0.104. The number of pyridine rings is 1. The highest BCUT2D eigenvalue weighted by atomic mass is 35.5. The number of hydrogen-bond donors (Lipinski definition) is 1. The van der Waals surface area contributed by atoms with Crippen molar-refractivity contribution >= 4 is 17.2 Å². The minimum Gasteiger partial charge on any atom is -0.313 e. The molecule has 96 valence electrons. The molecule has 2 heterocycles. The molecule has 0 radical (unpaired) electrons. The van der Waals surface area contributed by atoms with E-state index in [0.717, 1.165) is 17.7 Å². The van der Waals surface area contributed by atoms with E-state index in [1.165, 1.54) is 10.5 Å². The highest BCUT2D eigenvalue weighted by Crippen LogP contribution is 2.23. The summed E-state index contributed by atoms with van der Waals surface area (Å²) in [6.45, 7) is 3.90. The third-order valence-electron chi connectivity index (χ3n) is 3.02. The molecule has 0 spiro atoms. The molecule has 1 atom stereocenters. The van der Waals surface area contributed by atoms with Gasteiger partial charge in [-0.1, -0.05) is 18.5 Å². The van der Waals surface area contributed by atoms with E-state index in [9.17, 15) is 4.79 Å². The van der Waals surface area contributed by atoms with Crippen LogP contribution in [0.3, 0.4) is 0 Å². The minimum atomic E-state index is -0.104. The lowest BCUT2D eigenvalue weighted by molar-refractivity contribution is 0.577. The first-order valence-corrected chi connectivity index (χ1v) is 6.31. The summed E-state index contributed by atoms with van der Waals surface area (Å²) in [4.78, 5) is 16.4. The highest BCUT2D eigenvalue weighted by Gasteiger charge is 2.14. The third-order valence-corrected chi connectivity index (χ3v) is 3.22. The molecule has 0 aliphatic heterocycles. The van der Waals surface area contributed by atoms with E-state index in [1.54, 1.807) is 6.20 Å². The molecular formula is C13H16ClN3O. The van der Waals surface area contributed by atoms with Gasteiger partial charge in [-0.15, -0.1) is 0 Å². The van der Waals surface area contributed by atoms with Crippen LogP contribution in [0.1, 0.15) is 30.6 Å². The number of aryl methyl sites for hydroxylation is 1. The molecule has 18 heavy (non-hydrogen) atoms. The Balaban J connectivity index is 2.83. The van der Waals surface area contributed by atoms with Crippen LogP contribution >= 0.6 is 11.6 Å². The second kappa shape index (κ2) is 5.08. The zero-order valence-electron chi connectivity index (χ0n) is 10.7. The highest BCUT2D eigenvalue weighted by molar-refractivity contribution is 6.30. The lowest BCUT2D eigenvalue weighted by atomic mass is 10.1. The molecule has 2 aromatic rings. The molecule has 2 aromatic heterocycles. The smallest absolute Gasteiger partial charge is 0.258 e. The first kappa shape index (κ1) is 13.1. The Bertz CT molecular complexity index is 632. The van der Waals surface area contributed by atoms with Crippen molar-refractivity contribution in [3.8, 4) is 0 Å². The zero-order valence-corrected chi connectivity index (χ0v) is 11.5. The number of nitrogens with zero attached hydrogens (tertiary/aromatic N) is 2. The number of halogens is 1. The summed E-state index contributed by atoms with van der Waals surface area (Å²) in [7, 11) is 1.89. The first-order valence-electron chi connectivity index (χ1n) is 5.93. The predicted octanol–water partition coefficient (Wildman–Crippen LogP) is 2.33. The SMILES string of the molecule is CCC(NC)c1cc(Cl)cn2c(=O)cc(C)nc12. The van der Waals surface area contributed by atoms with Gasteiger partial charge in [-0.25, -0.2) is 4.98 Å². The van der Waals surface area contributed by atoms with Gasteiger partial charge in [0, 0.05) is 29.6 Å². The van der Waals surface area contributed by atoms with E-state index in [1.807, 2.05) is 20.0 Å². The fraction of sp³-hybridized carbons (Fsp3) is 0.385. The van der Waals surface area contributed by atoms with Gasteiger partial charge in [-0.2, -0.15) is 0 Å². The standard InChI is InChI=1S/C13H16ClN3O/c1-4-11(15-3)10-6-9(14)7-17-12(18)5-8(2)16-13(10)17/h5-7,11,15H,4H2,1-3H3. The Morgan fingerprint density at radius 2 is 2.22 bits per heavy atom. The summed E-state index contributed by atoms with van der Waals surface area (Å²) in [6, 6.07) is 3.51. The predicted molar refractivity (Wildman–Crippen MR) is 73.3 cm³/mol. The topological polar surface area (TPSA) is 46.4 Å². The van der Waals surface area contributed by atoms with Crippen LogP contribution in [0.15, 0.2) is 23.1 Å². The lowest BCUT2D eigenvalue weighted by Gasteiger charge is -2.17. The van der Waals surface area contributed by atoms with Crippen LogP contribution in [0.25, 0.3) is 5.65 Å². The van der Waals surface area contributed by atoms with Gasteiger partial charge < -0.3 is 5.32 Å². The first-order chi connectivity index (χ1) is 8.56. The molecule has 1 unspecified atom stereocenters. The number of nitrogens with one attached hydrogen (secondary N) is 1. The maximum atomic E-state index is 11.9. The second-order valence-electron chi connectivity index (χ2n) is 4.29. The van der Waals surface area contributed by atoms with Crippen LogP contribution in [0.5, 0.6) is 0 Å². The summed E-state index contributed by atoms with van der Waals surface area (Å²) in [5, 5.41) is 3.75. The average Bonchev–Trinajstić information content (AvgIpc) is 2.32. The summed E-state index contributed by atoms with van der Waals surface area (Å²) in [5.41, 5.74) is 2.24. The summed E-state index contributed by atoms with van der Waals surface area (Å²) in [5.74, 6) is 0. The van der Waals surface area contributed by atoms with E-state index in [4.69, 9.17) is 11.6 Å². The number of hydrogen-bond acceptors (Lipinski definition) is 3. The molecule has 0 bridgehead atoms. The molecule has 5 heteroatoms. The van der Waals surface area contributed by atoms with Gasteiger partial charge in [-0.3, -0.25) is 9.20 Å². The van der Waals surface area contributed by atoms with Crippen molar-refractivity contribution in [2.75, 3.05) is 7.05 Å². The Labute approximate surface area is 111 Å². The molecular weight excluding hydrogens is 250 g/mol. The van der Waals surface area contributed by atoms with Crippen molar-refractivity contribution in [2.24, 2.45) is 0 Å². The van der Waals surface area contributed by atoms with Crippen molar-refractivity contribution in [1.29, 1.82) is 0 Å². The second-order valence-corrected chi connectivity index (χ2v) is 4.73. The maximum absolute atomic E-state index is 11.9. The summed E-state index contributed by atoms with van der Waals surface area (Å²) < 4.78 is 1.50. The number of fused-ring (bicyclic) bond motifs is 1. The van der Waals surface area contributed by atoms with Crippen molar-refractivity contribution in [1.82, 2.24) is 14.7 Å². The Morgan fingerprint density at radius 3 is 2.83 bits per heavy atom. The van der Waals surface area contributed by atoms with E-state index in [0.29, 0.717) is 10.7 Å². The van der Waals surface area contributed by atoms with Crippen LogP contribution in [-0.4, -0.2) is 16.4 Å². The molecule has 0 saturated heterocycles. The van der Waals surface area contributed by atoms with Crippen LogP contribution in [0, 0.1) is 6.92 Å². The average molecular weight is 266 g/mol. The lowest BCUT2D eigenvalue weighted by Crippen LogP contribution is -2.21. The molecule has 0 aliphatic carbocycles. The van der Waals surface area contributed by atoms with Crippen LogP contribution in [-0.2, 0) is 0 Å². The van der Waals surface area contributed by atoms with Crippen LogP contribution in [0.2, 0.25) is 5.02 Å². The molecule has 2 rings (SSSR count). The molecule has 1 N–H and O–H groups in total. The fourth-order valence-electron chi connectivity index (χ4n) is 2.14. The summed E-state index contributed by atoms with van der Waals surface area (Å²) in [6.07, 6.45) is 2.51. The van der Waals surface area contributed by atoms with Gasteiger partial charge in [0.15, 0.2) is 0 Å². The normalized spacial score (nSPS) is 12.9. The van der Waals surface area contributed by atoms with Gasteiger partial charge in [0.05, 0.1) is 5.02 Å². The van der Waals surface area contributed by atoms with Gasteiger partial charge in [0.25, 0.3) is 5.56 Å². The van der Waals surface area contributed by atoms with Crippen molar-refractivity contribution in [2.45, 2.75) is 26.3 Å². The monoisotopic (exact) mass is 265 g/mol. The van der Waals surface area contributed by atoms with E-state index in [-0.39, 0.29) is 11.6 Å². The Kier molecular flexibility index (Phi) is 3.68. The molecule has 0 saturated carbocycles. The maximum Gasteiger partial charge on any atom is 0.258 e. The van der Waals surface area contributed by atoms with Crippen molar-refractivity contribution in [3.63, 3.8) is 0 Å². The number of aromatic nitrogens is 2. The summed E-state index contributed by atoms with van der Waals surface area (Å²) >= 11 is 6.08. The Hall–Kier alpha value is -1.39. The molecule has 4 nitrogen and oxygen atoms in total. The molecule has 0 aromatic carbocycles.